The maximum absolute atomic E-state index is 10.7. The second kappa shape index (κ2) is 4.38. The van der Waals surface area contributed by atoms with E-state index in [1.807, 2.05) is 36.5 Å². The van der Waals surface area contributed by atoms with Gasteiger partial charge in [-0.2, -0.15) is 0 Å². The van der Waals surface area contributed by atoms with Crippen LogP contribution in [0.3, 0.4) is 0 Å². The number of carbonyl (C=O) groups is 1. The summed E-state index contributed by atoms with van der Waals surface area (Å²) in [5, 5.41) is 2.00. The fraction of sp³-hybridized carbons (Fsp3) is 0.444. The third-order valence-corrected chi connectivity index (χ3v) is 2.64. The highest BCUT2D eigenvalue weighted by atomic mass is 32.1. The third kappa shape index (κ3) is 2.43. The molecule has 1 aromatic heterocycles. The highest BCUT2D eigenvalue weighted by Gasteiger charge is 2.11. The van der Waals surface area contributed by atoms with Gasteiger partial charge in [-0.05, 0) is 25.5 Å². The van der Waals surface area contributed by atoms with Gasteiger partial charge >= 0.3 is 0 Å². The van der Waals surface area contributed by atoms with E-state index >= 15 is 0 Å². The molecule has 0 radical (unpaired) electrons. The van der Waals surface area contributed by atoms with E-state index in [4.69, 9.17) is 0 Å². The van der Waals surface area contributed by atoms with Crippen molar-refractivity contribution in [1.82, 2.24) is 4.90 Å². The molecule has 1 atom stereocenters. The lowest BCUT2D eigenvalue weighted by Crippen LogP contribution is -2.20. The van der Waals surface area contributed by atoms with Crippen LogP contribution in [0.4, 0.5) is 0 Å². The summed E-state index contributed by atoms with van der Waals surface area (Å²) in [5.41, 5.74) is 0. The molecule has 1 aromatic rings. The summed E-state index contributed by atoms with van der Waals surface area (Å²) >= 11 is 1.64. The summed E-state index contributed by atoms with van der Waals surface area (Å²) in [6, 6.07) is 3.99. The number of rotatable bonds is 4. The highest BCUT2D eigenvalue weighted by Crippen LogP contribution is 2.19. The Morgan fingerprint density at radius 2 is 2.42 bits per heavy atom. The second-order valence-corrected chi connectivity index (χ2v) is 4.00. The first-order valence-corrected chi connectivity index (χ1v) is 4.75. The summed E-state index contributed by atoms with van der Waals surface area (Å²) in [6.45, 7) is 0.796. The van der Waals surface area contributed by atoms with E-state index in [9.17, 15) is 4.79 Å². The molecule has 0 saturated carbocycles. The molecular formula is C9H13NOS. The molecule has 66 valence electrons. The van der Waals surface area contributed by atoms with Crippen molar-refractivity contribution >= 4 is 17.6 Å². The Bertz CT molecular complexity index is 231. The molecule has 3 heteroatoms. The zero-order valence-corrected chi connectivity index (χ0v) is 8.17. The highest BCUT2D eigenvalue weighted by molar-refractivity contribution is 7.10. The predicted octanol–water partition coefficient (Wildman–Crippen LogP) is 1.59. The first-order chi connectivity index (χ1) is 5.74. The van der Waals surface area contributed by atoms with Crippen LogP contribution in [-0.2, 0) is 4.79 Å². The van der Waals surface area contributed by atoms with E-state index in [1.54, 1.807) is 11.3 Å². The summed E-state index contributed by atoms with van der Waals surface area (Å²) < 4.78 is 0. The maximum atomic E-state index is 10.7. The van der Waals surface area contributed by atoms with Crippen LogP contribution in [0.5, 0.6) is 0 Å². The fourth-order valence-corrected chi connectivity index (χ4v) is 1.87. The Labute approximate surface area is 76.8 Å². The van der Waals surface area contributed by atoms with E-state index in [1.165, 1.54) is 0 Å². The second-order valence-electron chi connectivity index (χ2n) is 3.02. The number of likely N-dealkylation sites (N-methyl/N-ethyl adjacent to an activating group) is 1. The van der Waals surface area contributed by atoms with Gasteiger partial charge in [0.15, 0.2) is 0 Å². The Hall–Kier alpha value is -0.670. The van der Waals surface area contributed by atoms with Crippen molar-refractivity contribution in [3.63, 3.8) is 0 Å². The van der Waals surface area contributed by atoms with E-state index in [0.29, 0.717) is 0 Å². The predicted molar refractivity (Wildman–Crippen MR) is 51.7 cm³/mol. The number of hydrogen-bond acceptors (Lipinski definition) is 3. The number of nitrogens with zero attached hydrogens (tertiary/aromatic N) is 1. The van der Waals surface area contributed by atoms with Crippen molar-refractivity contribution in [3.05, 3.63) is 22.4 Å². The Kier molecular flexibility index (Phi) is 3.44. The van der Waals surface area contributed by atoms with Gasteiger partial charge in [0.1, 0.15) is 6.29 Å². The molecule has 0 bridgehead atoms. The van der Waals surface area contributed by atoms with Crippen molar-refractivity contribution in [2.24, 2.45) is 0 Å². The van der Waals surface area contributed by atoms with E-state index in [0.717, 1.165) is 17.7 Å². The molecule has 0 N–H and O–H groups in total. The molecule has 0 aliphatic rings. The molecule has 0 spiro atoms. The number of thiophene rings is 1. The Balaban J connectivity index is 2.63. The molecule has 12 heavy (non-hydrogen) atoms. The van der Waals surface area contributed by atoms with Crippen LogP contribution in [0.25, 0.3) is 0 Å². The van der Waals surface area contributed by atoms with E-state index in [2.05, 4.69) is 0 Å². The van der Waals surface area contributed by atoms with E-state index < -0.39 is 0 Å². The third-order valence-electron chi connectivity index (χ3n) is 1.63. The molecule has 0 saturated heterocycles. The van der Waals surface area contributed by atoms with Gasteiger partial charge in [0.2, 0.25) is 0 Å². The van der Waals surface area contributed by atoms with Crippen LogP contribution in [0, 0.1) is 0 Å². The lowest BCUT2D eigenvalue weighted by atomic mass is 10.1. The Morgan fingerprint density at radius 1 is 1.67 bits per heavy atom. The van der Waals surface area contributed by atoms with Crippen LogP contribution in [-0.4, -0.2) is 31.8 Å². The molecule has 0 aromatic carbocycles. The molecule has 1 heterocycles. The van der Waals surface area contributed by atoms with Gasteiger partial charge < -0.3 is 9.69 Å². The molecule has 0 aliphatic heterocycles. The van der Waals surface area contributed by atoms with Crippen molar-refractivity contribution in [3.8, 4) is 0 Å². The first kappa shape index (κ1) is 9.42. The van der Waals surface area contributed by atoms with Crippen LogP contribution in [0.15, 0.2) is 17.5 Å². The van der Waals surface area contributed by atoms with Crippen LogP contribution in [0.1, 0.15) is 10.8 Å². The topological polar surface area (TPSA) is 20.3 Å². The number of hydrogen-bond donors (Lipinski definition) is 0. The molecule has 0 aliphatic carbocycles. The minimum absolute atomic E-state index is 0.0417. The maximum Gasteiger partial charge on any atom is 0.129 e. The average molecular weight is 183 g/mol. The van der Waals surface area contributed by atoms with Gasteiger partial charge in [-0.25, -0.2) is 0 Å². The fourth-order valence-electron chi connectivity index (χ4n) is 1.10. The summed E-state index contributed by atoms with van der Waals surface area (Å²) in [7, 11) is 3.95. The van der Waals surface area contributed by atoms with Gasteiger partial charge in [0.05, 0.1) is 5.92 Å². The van der Waals surface area contributed by atoms with Crippen LogP contribution in [0.2, 0.25) is 0 Å². The van der Waals surface area contributed by atoms with Crippen molar-refractivity contribution < 1.29 is 4.79 Å². The normalized spacial score (nSPS) is 13.2. The van der Waals surface area contributed by atoms with Crippen molar-refractivity contribution in [2.75, 3.05) is 20.6 Å². The minimum Gasteiger partial charge on any atom is -0.308 e. The van der Waals surface area contributed by atoms with Gasteiger partial charge in [0, 0.05) is 11.4 Å². The molecule has 2 nitrogen and oxygen atoms in total. The zero-order valence-electron chi connectivity index (χ0n) is 7.36. The largest absolute Gasteiger partial charge is 0.308 e. The smallest absolute Gasteiger partial charge is 0.129 e. The quantitative estimate of drug-likeness (QED) is 0.661. The Morgan fingerprint density at radius 3 is 2.83 bits per heavy atom. The summed E-state index contributed by atoms with van der Waals surface area (Å²) in [5.74, 6) is 0.0417. The van der Waals surface area contributed by atoms with Crippen LogP contribution >= 0.6 is 11.3 Å². The monoisotopic (exact) mass is 183 g/mol. The summed E-state index contributed by atoms with van der Waals surface area (Å²) in [4.78, 5) is 13.9. The molecule has 1 rings (SSSR count). The number of carbonyl (C=O) groups excluding carboxylic acids is 1. The van der Waals surface area contributed by atoms with Gasteiger partial charge in [-0.3, -0.25) is 0 Å². The molecule has 0 fully saturated rings. The van der Waals surface area contributed by atoms with Crippen LogP contribution < -0.4 is 0 Å². The SMILES string of the molecule is CN(C)CC(C=O)c1cccs1. The van der Waals surface area contributed by atoms with Gasteiger partial charge in [0.25, 0.3) is 0 Å². The number of aldehydes is 1. The molecule has 1 unspecified atom stereocenters. The van der Waals surface area contributed by atoms with Gasteiger partial charge in [-0.15, -0.1) is 11.3 Å². The minimum atomic E-state index is 0.0417. The first-order valence-electron chi connectivity index (χ1n) is 3.87. The lowest BCUT2D eigenvalue weighted by Gasteiger charge is -2.13. The lowest BCUT2D eigenvalue weighted by molar-refractivity contribution is -0.109. The zero-order chi connectivity index (χ0) is 8.97. The molecule has 0 amide bonds. The standard InChI is InChI=1S/C9H13NOS/c1-10(2)6-8(7-11)9-4-3-5-12-9/h3-5,7-8H,6H2,1-2H3. The van der Waals surface area contributed by atoms with E-state index in [-0.39, 0.29) is 5.92 Å². The average Bonchev–Trinajstić information content (AvgIpc) is 2.51. The van der Waals surface area contributed by atoms with Gasteiger partial charge in [-0.1, -0.05) is 6.07 Å². The molecular weight excluding hydrogens is 170 g/mol. The van der Waals surface area contributed by atoms with Crippen molar-refractivity contribution in [2.45, 2.75) is 5.92 Å². The summed E-state index contributed by atoms with van der Waals surface area (Å²) in [6.07, 6.45) is 1.02. The van der Waals surface area contributed by atoms with Crippen molar-refractivity contribution in [1.29, 1.82) is 0 Å².